The zero-order valence-corrected chi connectivity index (χ0v) is 14.9. The van der Waals surface area contributed by atoms with Crippen LogP contribution in [-0.4, -0.2) is 31.2 Å². The Kier molecular flexibility index (Phi) is 4.08. The molecule has 134 valence electrons. The Morgan fingerprint density at radius 2 is 2.15 bits per heavy atom. The first-order valence-electron chi connectivity index (χ1n) is 8.26. The lowest BCUT2D eigenvalue weighted by Crippen LogP contribution is -2.30. The second-order valence-electron chi connectivity index (χ2n) is 6.30. The first-order chi connectivity index (χ1) is 12.5. The van der Waals surface area contributed by atoms with Gasteiger partial charge in [-0.05, 0) is 35.5 Å². The molecule has 2 aromatic heterocycles. The van der Waals surface area contributed by atoms with Crippen LogP contribution in [0.1, 0.15) is 25.3 Å². The summed E-state index contributed by atoms with van der Waals surface area (Å²) in [6, 6.07) is 7.90. The second-order valence-corrected chi connectivity index (χ2v) is 7.17. The molecule has 0 atom stereocenters. The van der Waals surface area contributed by atoms with Crippen LogP contribution in [0.3, 0.4) is 0 Å². The summed E-state index contributed by atoms with van der Waals surface area (Å²) in [5.41, 5.74) is 1.74. The number of nitrogens with zero attached hydrogens (tertiary/aromatic N) is 4. The van der Waals surface area contributed by atoms with Gasteiger partial charge in [0.2, 0.25) is 11.7 Å². The van der Waals surface area contributed by atoms with E-state index in [1.807, 2.05) is 29.2 Å². The number of carbonyl (C=O) groups is 1. The predicted molar refractivity (Wildman–Crippen MR) is 98.7 cm³/mol. The molecule has 8 nitrogen and oxygen atoms in total. The SMILES string of the molecule is CC(=O)N(Cc1ccc(Nc2nc3sccn3c2[N+](=O)[O-])cc1)C1CC1. The van der Waals surface area contributed by atoms with Crippen molar-refractivity contribution in [1.82, 2.24) is 14.3 Å². The van der Waals surface area contributed by atoms with Gasteiger partial charge in [0.25, 0.3) is 4.96 Å². The smallest absolute Gasteiger partial charge is 0.358 e. The Morgan fingerprint density at radius 3 is 2.77 bits per heavy atom. The van der Waals surface area contributed by atoms with Gasteiger partial charge >= 0.3 is 5.82 Å². The molecule has 1 aromatic carbocycles. The van der Waals surface area contributed by atoms with Crippen LogP contribution in [0.5, 0.6) is 0 Å². The van der Waals surface area contributed by atoms with Gasteiger partial charge < -0.3 is 20.3 Å². The maximum absolute atomic E-state index is 11.7. The van der Waals surface area contributed by atoms with Crippen LogP contribution >= 0.6 is 11.3 Å². The predicted octanol–water partition coefficient (Wildman–Crippen LogP) is 3.56. The highest BCUT2D eigenvalue weighted by Crippen LogP contribution is 2.31. The van der Waals surface area contributed by atoms with Crippen molar-refractivity contribution in [3.8, 4) is 0 Å². The number of rotatable bonds is 6. The highest BCUT2D eigenvalue weighted by atomic mass is 32.1. The van der Waals surface area contributed by atoms with E-state index in [0.717, 1.165) is 18.4 Å². The first kappa shape index (κ1) is 16.5. The molecule has 2 heterocycles. The monoisotopic (exact) mass is 371 g/mol. The van der Waals surface area contributed by atoms with Crippen LogP contribution in [-0.2, 0) is 11.3 Å². The molecule has 9 heteroatoms. The molecule has 0 aliphatic heterocycles. The number of amides is 1. The minimum atomic E-state index is -0.441. The second kappa shape index (κ2) is 6.41. The summed E-state index contributed by atoms with van der Waals surface area (Å²) >= 11 is 1.34. The van der Waals surface area contributed by atoms with E-state index < -0.39 is 4.92 Å². The normalized spacial score (nSPS) is 13.7. The largest absolute Gasteiger partial charge is 0.373 e. The highest BCUT2D eigenvalue weighted by Gasteiger charge is 2.30. The first-order valence-corrected chi connectivity index (χ1v) is 9.14. The van der Waals surface area contributed by atoms with Crippen LogP contribution in [0.4, 0.5) is 17.3 Å². The van der Waals surface area contributed by atoms with Crippen LogP contribution < -0.4 is 5.32 Å². The van der Waals surface area contributed by atoms with Gasteiger partial charge in [-0.2, -0.15) is 9.38 Å². The van der Waals surface area contributed by atoms with Crippen molar-refractivity contribution >= 4 is 39.5 Å². The fourth-order valence-electron chi connectivity index (χ4n) is 2.94. The number of thiazole rings is 1. The van der Waals surface area contributed by atoms with Crippen molar-refractivity contribution in [3.05, 3.63) is 51.5 Å². The number of hydrogen-bond acceptors (Lipinski definition) is 6. The number of imidazole rings is 1. The molecule has 26 heavy (non-hydrogen) atoms. The van der Waals surface area contributed by atoms with E-state index in [-0.39, 0.29) is 17.5 Å². The fourth-order valence-corrected chi connectivity index (χ4v) is 3.65. The van der Waals surface area contributed by atoms with E-state index in [0.29, 0.717) is 23.2 Å². The third-order valence-corrected chi connectivity index (χ3v) is 5.13. The molecule has 4 rings (SSSR count). The average Bonchev–Trinajstić information content (AvgIpc) is 3.23. The van der Waals surface area contributed by atoms with Crippen LogP contribution in [0.2, 0.25) is 0 Å². The lowest BCUT2D eigenvalue weighted by molar-refractivity contribution is -0.389. The van der Waals surface area contributed by atoms with Gasteiger partial charge in [-0.3, -0.25) is 4.79 Å². The minimum absolute atomic E-state index is 0.0817. The molecule has 1 aliphatic carbocycles. The molecule has 1 aliphatic rings. The van der Waals surface area contributed by atoms with Gasteiger partial charge in [-0.15, -0.1) is 0 Å². The maximum Gasteiger partial charge on any atom is 0.373 e. The third-order valence-electron chi connectivity index (χ3n) is 4.37. The highest BCUT2D eigenvalue weighted by molar-refractivity contribution is 7.15. The third kappa shape index (κ3) is 3.13. The zero-order valence-electron chi connectivity index (χ0n) is 14.1. The van der Waals surface area contributed by atoms with Gasteiger partial charge in [0.15, 0.2) is 0 Å². The summed E-state index contributed by atoms with van der Waals surface area (Å²) in [5, 5.41) is 16.1. The summed E-state index contributed by atoms with van der Waals surface area (Å²) in [4.78, 5) is 29.4. The van der Waals surface area contributed by atoms with Gasteiger partial charge in [-0.1, -0.05) is 23.5 Å². The summed E-state index contributed by atoms with van der Waals surface area (Å²) in [6.07, 6.45) is 3.77. The van der Waals surface area contributed by atoms with Crippen molar-refractivity contribution < 1.29 is 9.72 Å². The van der Waals surface area contributed by atoms with E-state index in [2.05, 4.69) is 10.3 Å². The van der Waals surface area contributed by atoms with E-state index >= 15 is 0 Å². The molecular weight excluding hydrogens is 354 g/mol. The molecule has 0 unspecified atom stereocenters. The van der Waals surface area contributed by atoms with Crippen LogP contribution in [0.15, 0.2) is 35.8 Å². The molecule has 3 aromatic rings. The Balaban J connectivity index is 1.53. The number of carbonyl (C=O) groups excluding carboxylic acids is 1. The minimum Gasteiger partial charge on any atom is -0.358 e. The topological polar surface area (TPSA) is 92.8 Å². The van der Waals surface area contributed by atoms with Crippen molar-refractivity contribution in [2.24, 2.45) is 0 Å². The number of benzene rings is 1. The molecule has 0 bridgehead atoms. The molecule has 1 saturated carbocycles. The molecule has 1 N–H and O–H groups in total. The Morgan fingerprint density at radius 1 is 1.42 bits per heavy atom. The number of anilines is 2. The standard InChI is InChI=1S/C17H17N5O3S/c1-11(23)21(14-6-7-14)10-12-2-4-13(5-3-12)18-15-16(22(24)25)20-8-9-26-17(20)19-15/h2-5,8-9,14,18H,6-7,10H2,1H3. The molecule has 0 spiro atoms. The fraction of sp³-hybridized carbons (Fsp3) is 0.294. The van der Waals surface area contributed by atoms with E-state index in [4.69, 9.17) is 0 Å². The average molecular weight is 371 g/mol. The van der Waals surface area contributed by atoms with Crippen molar-refractivity contribution in [1.29, 1.82) is 0 Å². The van der Waals surface area contributed by atoms with E-state index in [1.54, 1.807) is 18.5 Å². The number of hydrogen-bond donors (Lipinski definition) is 1. The summed E-state index contributed by atoms with van der Waals surface area (Å²) in [7, 11) is 0. The van der Waals surface area contributed by atoms with Crippen molar-refractivity contribution in [3.63, 3.8) is 0 Å². The van der Waals surface area contributed by atoms with Crippen molar-refractivity contribution in [2.45, 2.75) is 32.4 Å². The Labute approximate surface area is 153 Å². The summed E-state index contributed by atoms with van der Waals surface area (Å²) < 4.78 is 1.46. The van der Waals surface area contributed by atoms with Gasteiger partial charge in [0.1, 0.15) is 6.20 Å². The quantitative estimate of drug-likeness (QED) is 0.528. The van der Waals surface area contributed by atoms with Crippen molar-refractivity contribution in [2.75, 3.05) is 5.32 Å². The van der Waals surface area contributed by atoms with Gasteiger partial charge in [-0.25, -0.2) is 0 Å². The number of fused-ring (bicyclic) bond motifs is 1. The van der Waals surface area contributed by atoms with Gasteiger partial charge in [0.05, 0.1) is 0 Å². The van der Waals surface area contributed by atoms with E-state index in [1.165, 1.54) is 15.7 Å². The van der Waals surface area contributed by atoms with Crippen LogP contribution in [0, 0.1) is 10.1 Å². The molecule has 1 amide bonds. The number of nitrogens with one attached hydrogen (secondary N) is 1. The summed E-state index contributed by atoms with van der Waals surface area (Å²) in [6.45, 7) is 2.18. The Hall–Kier alpha value is -2.94. The molecule has 0 saturated heterocycles. The van der Waals surface area contributed by atoms with Crippen LogP contribution in [0.25, 0.3) is 4.96 Å². The van der Waals surface area contributed by atoms with Gasteiger partial charge in [0, 0.05) is 30.6 Å². The zero-order chi connectivity index (χ0) is 18.3. The lowest BCUT2D eigenvalue weighted by atomic mass is 10.2. The Bertz CT molecular complexity index is 974. The molecule has 1 fully saturated rings. The maximum atomic E-state index is 11.7. The summed E-state index contributed by atoms with van der Waals surface area (Å²) in [5.74, 6) is 0.225. The number of nitro groups is 1. The molecular formula is C17H17N5O3S. The number of aromatic nitrogens is 2. The van der Waals surface area contributed by atoms with E-state index in [9.17, 15) is 14.9 Å². The molecule has 0 radical (unpaired) electrons. The lowest BCUT2D eigenvalue weighted by Gasteiger charge is -2.20.